The number of aliphatic hydroxyl groups excluding tert-OH is 1. The van der Waals surface area contributed by atoms with Crippen molar-refractivity contribution in [1.82, 2.24) is 4.90 Å². The Balaban J connectivity index is 1.57. The van der Waals surface area contributed by atoms with Gasteiger partial charge in [-0.2, -0.15) is 0 Å². The van der Waals surface area contributed by atoms with Crippen molar-refractivity contribution in [3.8, 4) is 0 Å². The van der Waals surface area contributed by atoms with Crippen molar-refractivity contribution in [2.45, 2.75) is 33.0 Å². The predicted octanol–water partition coefficient (Wildman–Crippen LogP) is 1.93. The maximum absolute atomic E-state index is 12.0. The van der Waals surface area contributed by atoms with Gasteiger partial charge in [-0.05, 0) is 44.5 Å². The molecular formula is C18H24N2O5. The molecule has 25 heavy (non-hydrogen) atoms. The van der Waals surface area contributed by atoms with Crippen LogP contribution in [0.5, 0.6) is 0 Å². The summed E-state index contributed by atoms with van der Waals surface area (Å²) < 4.78 is 5.37. The van der Waals surface area contributed by atoms with E-state index in [1.165, 1.54) is 6.07 Å². The molecule has 1 amide bonds. The smallest absolute Gasteiger partial charge is 0.410 e. The van der Waals surface area contributed by atoms with Gasteiger partial charge in [-0.1, -0.05) is 0 Å². The summed E-state index contributed by atoms with van der Waals surface area (Å²) in [5.41, 5.74) is 1.05. The molecule has 0 aromatic heterocycles. The van der Waals surface area contributed by atoms with Crippen LogP contribution in [0, 0.1) is 5.41 Å². The van der Waals surface area contributed by atoms with Gasteiger partial charge in [-0.25, -0.2) is 9.59 Å². The minimum Gasteiger partial charge on any atom is -0.478 e. The SMILES string of the molecule is CC(C)(C)OC(=O)N1CC2(C1)CN(c1ccc(C(=O)O)c(CO)c1)C2. The maximum Gasteiger partial charge on any atom is 0.410 e. The van der Waals surface area contributed by atoms with E-state index in [-0.39, 0.29) is 23.7 Å². The van der Waals surface area contributed by atoms with Gasteiger partial charge in [0.25, 0.3) is 0 Å². The van der Waals surface area contributed by atoms with Crippen LogP contribution in [0.15, 0.2) is 18.2 Å². The first-order valence-electron chi connectivity index (χ1n) is 8.32. The molecule has 0 atom stereocenters. The van der Waals surface area contributed by atoms with Crippen LogP contribution in [0.25, 0.3) is 0 Å². The van der Waals surface area contributed by atoms with Crippen molar-refractivity contribution in [3.63, 3.8) is 0 Å². The highest BCUT2D eigenvalue weighted by Crippen LogP contribution is 2.42. The first kappa shape index (κ1) is 17.5. The zero-order valence-corrected chi connectivity index (χ0v) is 14.8. The van der Waals surface area contributed by atoms with E-state index >= 15 is 0 Å². The zero-order valence-electron chi connectivity index (χ0n) is 14.8. The summed E-state index contributed by atoms with van der Waals surface area (Å²) in [6.45, 7) is 8.23. The van der Waals surface area contributed by atoms with E-state index in [1.54, 1.807) is 17.0 Å². The molecule has 7 nitrogen and oxygen atoms in total. The van der Waals surface area contributed by atoms with E-state index in [0.717, 1.165) is 18.8 Å². The fourth-order valence-corrected chi connectivity index (χ4v) is 3.48. The Hall–Kier alpha value is -2.28. The summed E-state index contributed by atoms with van der Waals surface area (Å²) in [4.78, 5) is 27.0. The highest BCUT2D eigenvalue weighted by Gasteiger charge is 2.54. The lowest BCUT2D eigenvalue weighted by Gasteiger charge is -2.60. The summed E-state index contributed by atoms with van der Waals surface area (Å²) in [6, 6.07) is 5.02. The number of carboxylic acids is 1. The number of rotatable bonds is 3. The molecule has 2 N–H and O–H groups in total. The van der Waals surface area contributed by atoms with Crippen molar-refractivity contribution in [3.05, 3.63) is 29.3 Å². The largest absolute Gasteiger partial charge is 0.478 e. The number of ether oxygens (including phenoxy) is 1. The van der Waals surface area contributed by atoms with Gasteiger partial charge in [-0.3, -0.25) is 0 Å². The van der Waals surface area contributed by atoms with Crippen molar-refractivity contribution < 1.29 is 24.5 Å². The number of amides is 1. The Morgan fingerprint density at radius 1 is 1.20 bits per heavy atom. The molecule has 1 aromatic carbocycles. The second kappa shape index (κ2) is 5.91. The number of nitrogens with zero attached hydrogens (tertiary/aromatic N) is 2. The molecule has 3 rings (SSSR count). The van der Waals surface area contributed by atoms with Crippen molar-refractivity contribution >= 4 is 17.7 Å². The third-order valence-electron chi connectivity index (χ3n) is 4.61. The Morgan fingerprint density at radius 2 is 1.84 bits per heavy atom. The van der Waals surface area contributed by atoms with Gasteiger partial charge in [-0.15, -0.1) is 0 Å². The molecule has 2 fully saturated rings. The number of carbonyl (C=O) groups is 2. The summed E-state index contributed by atoms with van der Waals surface area (Å²) in [5.74, 6) is -1.04. The van der Waals surface area contributed by atoms with Crippen LogP contribution in [0.3, 0.4) is 0 Å². The lowest BCUT2D eigenvalue weighted by molar-refractivity contribution is -0.0453. The summed E-state index contributed by atoms with van der Waals surface area (Å²) >= 11 is 0. The number of carboxylic acid groups (broad SMARTS) is 1. The summed E-state index contributed by atoms with van der Waals surface area (Å²) in [6.07, 6.45) is -0.273. The normalized spacial score (nSPS) is 18.6. The third-order valence-corrected chi connectivity index (χ3v) is 4.61. The molecule has 2 aliphatic heterocycles. The number of anilines is 1. The number of hydrogen-bond donors (Lipinski definition) is 2. The van der Waals surface area contributed by atoms with Gasteiger partial charge in [0.2, 0.25) is 0 Å². The molecule has 2 heterocycles. The molecule has 1 spiro atoms. The molecule has 0 unspecified atom stereocenters. The zero-order chi connectivity index (χ0) is 18.4. The average Bonchev–Trinajstić information content (AvgIpc) is 2.41. The van der Waals surface area contributed by atoms with Gasteiger partial charge >= 0.3 is 12.1 Å². The first-order valence-corrected chi connectivity index (χ1v) is 8.32. The lowest BCUT2D eigenvalue weighted by Crippen LogP contribution is -2.73. The van der Waals surface area contributed by atoms with Crippen LogP contribution in [-0.2, 0) is 11.3 Å². The summed E-state index contributed by atoms with van der Waals surface area (Å²) in [5, 5.41) is 18.5. The fraction of sp³-hybridized carbons (Fsp3) is 0.556. The molecule has 0 aliphatic carbocycles. The minimum absolute atomic E-state index is 0.0990. The Labute approximate surface area is 146 Å². The topological polar surface area (TPSA) is 90.3 Å². The quantitative estimate of drug-likeness (QED) is 0.867. The van der Waals surface area contributed by atoms with E-state index in [1.807, 2.05) is 20.8 Å². The third kappa shape index (κ3) is 3.42. The average molecular weight is 348 g/mol. The first-order chi connectivity index (χ1) is 11.6. The molecule has 2 aliphatic rings. The lowest BCUT2D eigenvalue weighted by atomic mass is 9.72. The van der Waals surface area contributed by atoms with Crippen LogP contribution in [0.2, 0.25) is 0 Å². The highest BCUT2D eigenvalue weighted by molar-refractivity contribution is 5.90. The number of likely N-dealkylation sites (tertiary alicyclic amines) is 1. The predicted molar refractivity (Wildman–Crippen MR) is 91.8 cm³/mol. The van der Waals surface area contributed by atoms with Gasteiger partial charge in [0.05, 0.1) is 12.2 Å². The highest BCUT2D eigenvalue weighted by atomic mass is 16.6. The van der Waals surface area contributed by atoms with Crippen LogP contribution < -0.4 is 4.90 Å². The molecule has 136 valence electrons. The van der Waals surface area contributed by atoms with Crippen LogP contribution in [0.1, 0.15) is 36.7 Å². The summed E-state index contributed by atoms with van der Waals surface area (Å²) in [7, 11) is 0. The number of aromatic carboxylic acids is 1. The number of benzene rings is 1. The van der Waals surface area contributed by atoms with Crippen molar-refractivity contribution in [2.75, 3.05) is 31.1 Å². The molecule has 0 saturated carbocycles. The van der Waals surface area contributed by atoms with E-state index in [4.69, 9.17) is 9.84 Å². The van der Waals surface area contributed by atoms with Crippen LogP contribution in [-0.4, -0.2) is 59.0 Å². The van der Waals surface area contributed by atoms with Gasteiger partial charge in [0, 0.05) is 37.3 Å². The van der Waals surface area contributed by atoms with E-state index < -0.39 is 11.6 Å². The Bertz CT molecular complexity index is 696. The second-order valence-electron chi connectivity index (χ2n) is 8.00. The second-order valence-corrected chi connectivity index (χ2v) is 8.00. The van der Waals surface area contributed by atoms with E-state index in [9.17, 15) is 14.7 Å². The van der Waals surface area contributed by atoms with Gasteiger partial charge in [0.1, 0.15) is 5.60 Å². The van der Waals surface area contributed by atoms with E-state index in [0.29, 0.717) is 18.7 Å². The van der Waals surface area contributed by atoms with Crippen molar-refractivity contribution in [2.24, 2.45) is 5.41 Å². The van der Waals surface area contributed by atoms with Gasteiger partial charge in [0.15, 0.2) is 0 Å². The maximum atomic E-state index is 12.0. The molecule has 1 aromatic rings. The Kier molecular flexibility index (Phi) is 4.15. The molecule has 2 saturated heterocycles. The standard InChI is InChI=1S/C18H24N2O5/c1-17(2,3)25-16(24)20-10-18(11-20)8-19(9-18)13-4-5-14(15(22)23)12(6-13)7-21/h4-6,21H,7-11H2,1-3H3,(H,22,23). The van der Waals surface area contributed by atoms with E-state index in [2.05, 4.69) is 4.90 Å². The fourth-order valence-electron chi connectivity index (χ4n) is 3.48. The number of carbonyl (C=O) groups excluding carboxylic acids is 1. The Morgan fingerprint density at radius 3 is 2.36 bits per heavy atom. The van der Waals surface area contributed by atoms with Gasteiger partial charge < -0.3 is 24.7 Å². The molecular weight excluding hydrogens is 324 g/mol. The van der Waals surface area contributed by atoms with Crippen LogP contribution in [0.4, 0.5) is 10.5 Å². The molecule has 0 bridgehead atoms. The number of aliphatic hydroxyl groups is 1. The molecule has 7 heteroatoms. The van der Waals surface area contributed by atoms with Crippen LogP contribution >= 0.6 is 0 Å². The number of hydrogen-bond acceptors (Lipinski definition) is 5. The monoisotopic (exact) mass is 348 g/mol. The van der Waals surface area contributed by atoms with Crippen molar-refractivity contribution in [1.29, 1.82) is 0 Å². The molecule has 0 radical (unpaired) electrons. The minimum atomic E-state index is -1.04.